The number of para-hydroxylation sites is 1. The van der Waals surface area contributed by atoms with Crippen molar-refractivity contribution in [1.29, 1.82) is 0 Å². The second kappa shape index (κ2) is 15.4. The lowest BCUT2D eigenvalue weighted by molar-refractivity contribution is 0.229. The molecule has 3 heterocycles. The maximum Gasteiger partial charge on any atom is 0.354 e. The maximum atomic E-state index is 13.0. The second-order valence-electron chi connectivity index (χ2n) is 10.1. The average Bonchev–Trinajstić information content (AvgIpc) is 3.70. The highest BCUT2D eigenvalue weighted by Gasteiger charge is 2.20. The lowest BCUT2D eigenvalue weighted by atomic mass is 10.1. The number of nitrogens with zero attached hydrogens (tertiary/aromatic N) is 4. The first kappa shape index (κ1) is 31.8. The highest BCUT2D eigenvalue weighted by Crippen LogP contribution is 2.50. The largest absolute Gasteiger partial charge is 0.493 e. The Kier molecular flexibility index (Phi) is 11.1. The van der Waals surface area contributed by atoms with E-state index in [4.69, 9.17) is 28.2 Å². The standard InChI is InChI=1S/C32H39N4O6PS/c1-4-41-43(37,42-5-2)19-16-26-21-36(28-12-8-6-9-13-28)34-31(26)40-22-25-14-15-29(30(20-25)38-3)39-23-27-24-44-32(33-27)35-17-10-7-11-18-35/h6,8-9,12-16,19-21,24H,4-5,7,10-11,17-18,22-23H2,1-3H3/b19-16+. The van der Waals surface area contributed by atoms with Gasteiger partial charge in [-0.1, -0.05) is 24.3 Å². The predicted octanol–water partition coefficient (Wildman–Crippen LogP) is 7.72. The quantitative estimate of drug-likeness (QED) is 0.121. The molecule has 1 aliphatic heterocycles. The topological polar surface area (TPSA) is 97.2 Å². The molecule has 4 aromatic rings. The van der Waals surface area contributed by atoms with E-state index in [2.05, 4.69) is 15.4 Å². The van der Waals surface area contributed by atoms with Gasteiger partial charge in [0.2, 0.25) is 5.88 Å². The van der Waals surface area contributed by atoms with Crippen LogP contribution in [0.4, 0.5) is 5.13 Å². The van der Waals surface area contributed by atoms with Gasteiger partial charge in [0.05, 0.1) is 37.3 Å². The van der Waals surface area contributed by atoms with Crippen LogP contribution in [0.15, 0.2) is 65.9 Å². The minimum Gasteiger partial charge on any atom is -0.493 e. The normalized spacial score (nSPS) is 13.8. The molecular formula is C32H39N4O6PS. The van der Waals surface area contributed by atoms with Crippen molar-refractivity contribution in [3.8, 4) is 23.1 Å². The average molecular weight is 639 g/mol. The number of hydrogen-bond donors (Lipinski definition) is 0. The highest BCUT2D eigenvalue weighted by atomic mass is 32.1. The summed E-state index contributed by atoms with van der Waals surface area (Å²) in [6.45, 7) is 6.79. The van der Waals surface area contributed by atoms with E-state index in [1.165, 1.54) is 25.1 Å². The van der Waals surface area contributed by atoms with Crippen molar-refractivity contribution in [3.63, 3.8) is 0 Å². The first-order chi connectivity index (χ1) is 21.5. The van der Waals surface area contributed by atoms with Crippen LogP contribution in [0.2, 0.25) is 0 Å². The summed E-state index contributed by atoms with van der Waals surface area (Å²) in [4.78, 5) is 7.13. The Morgan fingerprint density at radius 3 is 2.45 bits per heavy atom. The molecule has 0 spiro atoms. The molecule has 0 bridgehead atoms. The van der Waals surface area contributed by atoms with Gasteiger partial charge in [-0.25, -0.2) is 9.67 Å². The predicted molar refractivity (Wildman–Crippen MR) is 173 cm³/mol. The summed E-state index contributed by atoms with van der Waals surface area (Å²) in [7, 11) is -1.79. The molecule has 0 amide bonds. The van der Waals surface area contributed by atoms with Gasteiger partial charge in [0.25, 0.3) is 0 Å². The highest BCUT2D eigenvalue weighted by molar-refractivity contribution is 7.57. The number of hydrogen-bond acceptors (Lipinski definition) is 10. The molecule has 12 heteroatoms. The fraction of sp³-hybridized carbons (Fsp3) is 0.375. The van der Waals surface area contributed by atoms with Gasteiger partial charge in [-0.15, -0.1) is 16.4 Å². The van der Waals surface area contributed by atoms with Crippen LogP contribution in [0.1, 0.15) is 49.9 Å². The first-order valence-corrected chi connectivity index (χ1v) is 17.3. The maximum absolute atomic E-state index is 13.0. The minimum atomic E-state index is -3.41. The molecule has 44 heavy (non-hydrogen) atoms. The van der Waals surface area contributed by atoms with Gasteiger partial charge in [-0.05, 0) is 69.0 Å². The fourth-order valence-corrected chi connectivity index (χ4v) is 6.96. The Labute approximate surface area is 262 Å². The monoisotopic (exact) mass is 638 g/mol. The molecule has 1 fully saturated rings. The summed E-state index contributed by atoms with van der Waals surface area (Å²) < 4.78 is 43.5. The van der Waals surface area contributed by atoms with Crippen molar-refractivity contribution >= 4 is 30.1 Å². The molecule has 1 aliphatic rings. The molecule has 0 aliphatic carbocycles. The molecule has 5 rings (SSSR count). The van der Waals surface area contributed by atoms with Crippen LogP contribution in [0, 0.1) is 0 Å². The molecule has 0 N–H and O–H groups in total. The molecule has 10 nitrogen and oxygen atoms in total. The van der Waals surface area contributed by atoms with E-state index in [0.717, 1.165) is 35.2 Å². The van der Waals surface area contributed by atoms with Gasteiger partial charge in [0.1, 0.15) is 13.2 Å². The zero-order chi connectivity index (χ0) is 30.8. The number of piperidine rings is 1. The van der Waals surface area contributed by atoms with E-state index in [1.807, 2.05) is 54.7 Å². The number of aromatic nitrogens is 3. The van der Waals surface area contributed by atoms with Crippen molar-refractivity contribution in [2.24, 2.45) is 0 Å². The molecule has 0 atom stereocenters. The summed E-state index contributed by atoms with van der Waals surface area (Å²) in [5, 5.41) is 7.77. The lowest BCUT2D eigenvalue weighted by Gasteiger charge is -2.25. The number of anilines is 1. The molecule has 1 saturated heterocycles. The van der Waals surface area contributed by atoms with Gasteiger partial charge >= 0.3 is 7.60 Å². The van der Waals surface area contributed by atoms with Crippen LogP contribution < -0.4 is 19.1 Å². The summed E-state index contributed by atoms with van der Waals surface area (Å²) in [5.41, 5.74) is 3.26. The Balaban J connectivity index is 1.28. The van der Waals surface area contributed by atoms with Crippen LogP contribution >= 0.6 is 18.9 Å². The molecule has 0 radical (unpaired) electrons. The van der Waals surface area contributed by atoms with Crippen LogP contribution in [0.3, 0.4) is 0 Å². The Morgan fingerprint density at radius 1 is 0.955 bits per heavy atom. The molecular weight excluding hydrogens is 599 g/mol. The SMILES string of the molecule is CCOP(=O)(/C=C/c1cn(-c2ccccc2)nc1OCc1ccc(OCc2csc(N3CCCCC3)n2)c(OC)c1)OCC. The second-order valence-corrected chi connectivity index (χ2v) is 12.8. The van der Waals surface area contributed by atoms with Crippen LogP contribution in [0.5, 0.6) is 17.4 Å². The van der Waals surface area contributed by atoms with E-state index >= 15 is 0 Å². The van der Waals surface area contributed by atoms with E-state index in [1.54, 1.807) is 43.1 Å². The molecule has 0 unspecified atom stereocenters. The number of benzene rings is 2. The van der Waals surface area contributed by atoms with E-state index < -0.39 is 7.60 Å². The van der Waals surface area contributed by atoms with Gasteiger partial charge in [0, 0.05) is 30.5 Å². The van der Waals surface area contributed by atoms with Gasteiger partial charge in [0.15, 0.2) is 16.6 Å². The summed E-state index contributed by atoms with van der Waals surface area (Å²) >= 11 is 1.66. The van der Waals surface area contributed by atoms with Crippen molar-refractivity contribution < 1.29 is 27.8 Å². The van der Waals surface area contributed by atoms with Crippen molar-refractivity contribution in [1.82, 2.24) is 14.8 Å². The van der Waals surface area contributed by atoms with Gasteiger partial charge in [-0.2, -0.15) is 0 Å². The number of thiazole rings is 1. The third-order valence-electron chi connectivity index (χ3n) is 6.93. The zero-order valence-electron chi connectivity index (χ0n) is 25.4. The van der Waals surface area contributed by atoms with Crippen molar-refractivity contribution in [2.45, 2.75) is 46.3 Å². The van der Waals surface area contributed by atoms with Gasteiger partial charge < -0.3 is 28.2 Å². The van der Waals surface area contributed by atoms with E-state index in [0.29, 0.717) is 29.5 Å². The molecule has 234 valence electrons. The number of methoxy groups -OCH3 is 1. The summed E-state index contributed by atoms with van der Waals surface area (Å²) in [6.07, 6.45) is 7.21. The van der Waals surface area contributed by atoms with E-state index in [-0.39, 0.29) is 19.8 Å². The Bertz CT molecular complexity index is 1560. The molecule has 2 aromatic heterocycles. The van der Waals surface area contributed by atoms with Crippen molar-refractivity contribution in [2.75, 3.05) is 38.3 Å². The third kappa shape index (κ3) is 8.30. The fourth-order valence-electron chi connectivity index (χ4n) is 4.78. The zero-order valence-corrected chi connectivity index (χ0v) is 27.1. The summed E-state index contributed by atoms with van der Waals surface area (Å²) in [6, 6.07) is 15.4. The lowest BCUT2D eigenvalue weighted by Crippen LogP contribution is -2.29. The van der Waals surface area contributed by atoms with Crippen LogP contribution in [-0.2, 0) is 26.8 Å². The van der Waals surface area contributed by atoms with Crippen LogP contribution in [0.25, 0.3) is 11.8 Å². The van der Waals surface area contributed by atoms with Crippen molar-refractivity contribution in [3.05, 3.63) is 82.7 Å². The molecule has 0 saturated carbocycles. The minimum absolute atomic E-state index is 0.225. The number of rotatable bonds is 15. The summed E-state index contributed by atoms with van der Waals surface area (Å²) in [5.74, 6) is 3.05. The van der Waals surface area contributed by atoms with Crippen LogP contribution in [-0.4, -0.2) is 48.2 Å². The number of ether oxygens (including phenoxy) is 3. The third-order valence-corrected chi connectivity index (χ3v) is 9.63. The smallest absolute Gasteiger partial charge is 0.354 e. The van der Waals surface area contributed by atoms with E-state index in [9.17, 15) is 4.57 Å². The Morgan fingerprint density at radius 2 is 1.73 bits per heavy atom. The first-order valence-electron chi connectivity index (χ1n) is 14.8. The molecule has 2 aromatic carbocycles. The van der Waals surface area contributed by atoms with Gasteiger partial charge in [-0.3, -0.25) is 4.57 Å². The Hall–Kier alpha value is -3.63.